The predicted molar refractivity (Wildman–Crippen MR) is 69.9 cm³/mol. The van der Waals surface area contributed by atoms with Gasteiger partial charge in [0, 0.05) is 24.7 Å². The molecule has 8 heteroatoms. The van der Waals surface area contributed by atoms with Gasteiger partial charge in [-0.3, -0.25) is 15.1 Å². The fourth-order valence-electron chi connectivity index (χ4n) is 1.61. The number of rotatable bonds is 3. The molecule has 1 N–H and O–H groups in total. The third-order valence-electron chi connectivity index (χ3n) is 2.56. The highest BCUT2D eigenvalue weighted by Crippen LogP contribution is 2.37. The molecule has 0 bridgehead atoms. The largest absolute Gasteiger partial charge is 0.423 e. The van der Waals surface area contributed by atoms with Gasteiger partial charge in [0.05, 0.1) is 4.92 Å². The van der Waals surface area contributed by atoms with Crippen LogP contribution in [0.25, 0.3) is 0 Å². The van der Waals surface area contributed by atoms with E-state index in [1.54, 1.807) is 0 Å². The maximum Gasteiger partial charge on any atom is 0.423 e. The maximum absolute atomic E-state index is 12.8. The molecule has 110 valence electrons. The first-order valence-electron chi connectivity index (χ1n) is 5.76. The van der Waals surface area contributed by atoms with Crippen LogP contribution in [0.2, 0.25) is 0 Å². The second-order valence-corrected chi connectivity index (χ2v) is 4.38. The lowest BCUT2D eigenvalue weighted by atomic mass is 10.1. The molecule has 0 saturated carbocycles. The van der Waals surface area contributed by atoms with Crippen LogP contribution in [0, 0.1) is 16.0 Å². The number of benzene rings is 1. The minimum Gasteiger partial charge on any atom is -0.344 e. The Kier molecular flexibility index (Phi) is 4.69. The topological polar surface area (TPSA) is 67.5 Å². The van der Waals surface area contributed by atoms with Crippen molar-refractivity contribution < 1.29 is 18.1 Å². The monoisotopic (exact) mass is 289 g/mol. The minimum atomic E-state index is -4.79. The van der Waals surface area contributed by atoms with Gasteiger partial charge in [-0.25, -0.2) is 0 Å². The van der Waals surface area contributed by atoms with Crippen molar-refractivity contribution in [1.82, 2.24) is 0 Å². The molecule has 1 aromatic carbocycles. The van der Waals surface area contributed by atoms with E-state index in [0.717, 1.165) is 6.07 Å². The van der Waals surface area contributed by atoms with E-state index in [0.29, 0.717) is 11.9 Å². The van der Waals surface area contributed by atoms with Gasteiger partial charge in [0.2, 0.25) is 0 Å². The van der Waals surface area contributed by atoms with Crippen LogP contribution in [0.4, 0.5) is 24.5 Å². The summed E-state index contributed by atoms with van der Waals surface area (Å²) in [5, 5.41) is 13.4. The molecule has 20 heavy (non-hydrogen) atoms. The molecule has 0 heterocycles. The Bertz CT molecular complexity index is 539. The van der Waals surface area contributed by atoms with E-state index >= 15 is 0 Å². The van der Waals surface area contributed by atoms with Gasteiger partial charge in [-0.15, -0.1) is 0 Å². The molecule has 0 radical (unpaired) electrons. The third-order valence-corrected chi connectivity index (χ3v) is 2.56. The average molecular weight is 289 g/mol. The minimum absolute atomic E-state index is 0.00970. The highest BCUT2D eigenvalue weighted by Gasteiger charge is 2.38. The number of nitro benzene ring substituents is 1. The molecule has 0 spiro atoms. The summed E-state index contributed by atoms with van der Waals surface area (Å²) in [6.45, 7) is 3.65. The first-order valence-corrected chi connectivity index (χ1v) is 5.76. The average Bonchev–Trinajstić information content (AvgIpc) is 2.34. The summed E-state index contributed by atoms with van der Waals surface area (Å²) < 4.78 is 38.4. The van der Waals surface area contributed by atoms with Crippen molar-refractivity contribution in [1.29, 1.82) is 0 Å². The molecule has 0 fully saturated rings. The van der Waals surface area contributed by atoms with Crippen molar-refractivity contribution in [2.24, 2.45) is 10.9 Å². The van der Waals surface area contributed by atoms with E-state index in [1.165, 1.54) is 13.1 Å². The van der Waals surface area contributed by atoms with Gasteiger partial charge in [0.25, 0.3) is 5.69 Å². The summed E-state index contributed by atoms with van der Waals surface area (Å²) in [6, 6.07) is 2.77. The molecule has 1 aromatic rings. The van der Waals surface area contributed by atoms with Crippen LogP contribution in [-0.4, -0.2) is 17.8 Å². The van der Waals surface area contributed by atoms with E-state index in [9.17, 15) is 23.3 Å². The van der Waals surface area contributed by atoms with Gasteiger partial charge >= 0.3 is 6.18 Å². The Labute approximate surface area is 113 Å². The van der Waals surface area contributed by atoms with Gasteiger partial charge in [-0.2, -0.15) is 13.2 Å². The molecule has 1 rings (SSSR count). The lowest BCUT2D eigenvalue weighted by Gasteiger charge is -2.14. The van der Waals surface area contributed by atoms with E-state index in [-0.39, 0.29) is 11.6 Å². The summed E-state index contributed by atoms with van der Waals surface area (Å²) >= 11 is 0. The second-order valence-electron chi connectivity index (χ2n) is 4.38. The predicted octanol–water partition coefficient (Wildman–Crippen LogP) is 3.71. The number of amidine groups is 1. The molecule has 0 aromatic heterocycles. The summed E-state index contributed by atoms with van der Waals surface area (Å²) in [6.07, 6.45) is -4.79. The summed E-state index contributed by atoms with van der Waals surface area (Å²) in [7, 11) is 1.51. The molecule has 0 aliphatic heterocycles. The summed E-state index contributed by atoms with van der Waals surface area (Å²) in [4.78, 5) is 13.5. The Morgan fingerprint density at radius 2 is 2.00 bits per heavy atom. The number of nitrogens with zero attached hydrogens (tertiary/aromatic N) is 2. The number of hydrogen-bond acceptors (Lipinski definition) is 3. The van der Waals surface area contributed by atoms with Crippen molar-refractivity contribution in [3.05, 3.63) is 33.9 Å². The van der Waals surface area contributed by atoms with Crippen molar-refractivity contribution in [2.75, 3.05) is 12.4 Å². The number of hydrogen-bond donors (Lipinski definition) is 1. The van der Waals surface area contributed by atoms with Crippen LogP contribution in [0.3, 0.4) is 0 Å². The lowest BCUT2D eigenvalue weighted by Crippen LogP contribution is -2.19. The van der Waals surface area contributed by atoms with Crippen molar-refractivity contribution in [3.8, 4) is 0 Å². The SMILES string of the molecule is CN=C(Nc1ccc([N+](=O)[O-])c(C(F)(F)F)c1)C(C)C. The van der Waals surface area contributed by atoms with Crippen LogP contribution in [0.15, 0.2) is 23.2 Å². The first kappa shape index (κ1) is 15.9. The molecule has 0 amide bonds. The third kappa shape index (κ3) is 3.69. The molecular formula is C12H14F3N3O2. The van der Waals surface area contributed by atoms with E-state index < -0.39 is 22.4 Å². The lowest BCUT2D eigenvalue weighted by molar-refractivity contribution is -0.388. The van der Waals surface area contributed by atoms with E-state index in [2.05, 4.69) is 10.3 Å². The Hall–Kier alpha value is -2.12. The zero-order chi connectivity index (χ0) is 15.5. The molecule has 0 aliphatic carbocycles. The van der Waals surface area contributed by atoms with Gasteiger partial charge in [-0.1, -0.05) is 13.8 Å². The molecular weight excluding hydrogens is 275 g/mol. The van der Waals surface area contributed by atoms with Crippen molar-refractivity contribution in [2.45, 2.75) is 20.0 Å². The Morgan fingerprint density at radius 1 is 1.40 bits per heavy atom. The Morgan fingerprint density at radius 3 is 2.40 bits per heavy atom. The molecule has 0 aliphatic rings. The maximum atomic E-state index is 12.8. The van der Waals surface area contributed by atoms with Crippen molar-refractivity contribution >= 4 is 17.2 Å². The molecule has 0 saturated heterocycles. The smallest absolute Gasteiger partial charge is 0.344 e. The van der Waals surface area contributed by atoms with Gasteiger partial charge < -0.3 is 5.32 Å². The highest BCUT2D eigenvalue weighted by molar-refractivity contribution is 5.96. The zero-order valence-electron chi connectivity index (χ0n) is 11.2. The van der Waals surface area contributed by atoms with Crippen molar-refractivity contribution in [3.63, 3.8) is 0 Å². The van der Waals surface area contributed by atoms with Crippen LogP contribution < -0.4 is 5.32 Å². The molecule has 5 nitrogen and oxygen atoms in total. The number of nitrogens with one attached hydrogen (secondary N) is 1. The number of nitro groups is 1. The van der Waals surface area contributed by atoms with Crippen LogP contribution >= 0.6 is 0 Å². The van der Waals surface area contributed by atoms with Crippen LogP contribution in [0.5, 0.6) is 0 Å². The van der Waals surface area contributed by atoms with Crippen LogP contribution in [-0.2, 0) is 6.18 Å². The molecule has 0 unspecified atom stereocenters. The number of halogens is 3. The Balaban J connectivity index is 3.24. The van der Waals surface area contributed by atoms with Gasteiger partial charge in [0.1, 0.15) is 11.4 Å². The molecule has 0 atom stereocenters. The second kappa shape index (κ2) is 5.89. The number of alkyl halides is 3. The van der Waals surface area contributed by atoms with E-state index in [1.807, 2.05) is 13.8 Å². The van der Waals surface area contributed by atoms with E-state index in [4.69, 9.17) is 0 Å². The zero-order valence-corrected chi connectivity index (χ0v) is 11.2. The quantitative estimate of drug-likeness (QED) is 0.399. The highest BCUT2D eigenvalue weighted by atomic mass is 19.4. The fourth-order valence-corrected chi connectivity index (χ4v) is 1.61. The fraction of sp³-hybridized carbons (Fsp3) is 0.417. The normalized spacial score (nSPS) is 12.7. The summed E-state index contributed by atoms with van der Waals surface area (Å²) in [5.41, 5.74) is -2.15. The summed E-state index contributed by atoms with van der Waals surface area (Å²) in [5.74, 6) is 0.483. The number of aliphatic imine (C=N–C) groups is 1. The standard InChI is InChI=1S/C12H14F3N3O2/c1-7(2)11(16-3)17-8-4-5-10(18(19)20)9(6-8)12(13,14)15/h4-7H,1-3H3,(H,16,17). The number of anilines is 1. The van der Waals surface area contributed by atoms with Gasteiger partial charge in [0.15, 0.2) is 0 Å². The van der Waals surface area contributed by atoms with Gasteiger partial charge in [-0.05, 0) is 12.1 Å². The first-order chi connectivity index (χ1) is 9.16. The van der Waals surface area contributed by atoms with Crippen LogP contribution in [0.1, 0.15) is 19.4 Å².